The lowest BCUT2D eigenvalue weighted by molar-refractivity contribution is -0.142. The van der Waals surface area contributed by atoms with E-state index in [0.29, 0.717) is 5.56 Å². The summed E-state index contributed by atoms with van der Waals surface area (Å²) in [6.07, 6.45) is 0.0188. The normalized spacial score (nSPS) is 14.7. The molecule has 38 heavy (non-hydrogen) atoms. The van der Waals surface area contributed by atoms with Crippen molar-refractivity contribution in [3.05, 3.63) is 59.9 Å². The second-order valence-electron chi connectivity index (χ2n) is 8.56. The number of nitrogens with one attached hydrogen (secondary N) is 5. The lowest BCUT2D eigenvalue weighted by Crippen LogP contribution is -2.58. The second kappa shape index (κ2) is 14.5. The van der Waals surface area contributed by atoms with Crippen LogP contribution in [0.15, 0.2) is 48.7 Å². The molecule has 1 aromatic heterocycles. The Hall–Kier alpha value is -4.23. The first-order chi connectivity index (χ1) is 18.1. The van der Waals surface area contributed by atoms with Crippen molar-refractivity contribution >= 4 is 29.6 Å². The summed E-state index contributed by atoms with van der Waals surface area (Å²) in [5, 5.41) is 38.7. The Bertz CT molecular complexity index is 1090. The molecule has 0 aliphatic carbocycles. The molecule has 4 amide bonds. The molecule has 0 saturated heterocycles. The molecular weight excluding hydrogens is 498 g/mol. The van der Waals surface area contributed by atoms with E-state index in [0.717, 1.165) is 0 Å². The third kappa shape index (κ3) is 8.71. The van der Waals surface area contributed by atoms with Gasteiger partial charge in [0.1, 0.15) is 23.8 Å². The van der Waals surface area contributed by atoms with Gasteiger partial charge in [-0.1, -0.05) is 37.3 Å². The number of aliphatic hydroxyl groups is 2. The van der Waals surface area contributed by atoms with Crippen LogP contribution in [-0.2, 0) is 19.2 Å². The highest BCUT2D eigenvalue weighted by atomic mass is 16.4. The van der Waals surface area contributed by atoms with Crippen molar-refractivity contribution in [1.29, 1.82) is 0 Å². The van der Waals surface area contributed by atoms with E-state index in [1.165, 1.54) is 19.2 Å². The average Bonchev–Trinajstić information content (AvgIpc) is 3.43. The van der Waals surface area contributed by atoms with Gasteiger partial charge in [0, 0.05) is 6.20 Å². The zero-order chi connectivity index (χ0) is 28.2. The van der Waals surface area contributed by atoms with Crippen molar-refractivity contribution in [3.63, 3.8) is 0 Å². The first kappa shape index (κ1) is 30.0. The molecule has 13 heteroatoms. The summed E-state index contributed by atoms with van der Waals surface area (Å²) >= 11 is 0. The minimum absolute atomic E-state index is 0.150. The SMILES string of the molecule is CC[C@H](NC(=O)CC(NC(=O)[C@H](CO)NC(=O)[C@@H](NC(=O)c1ccc[nH]1)[C@H](C)O)c1ccccc1)C(=O)O. The molecule has 1 heterocycles. The molecule has 13 nitrogen and oxygen atoms in total. The summed E-state index contributed by atoms with van der Waals surface area (Å²) in [6.45, 7) is 2.06. The Kier molecular flexibility index (Phi) is 11.4. The fourth-order valence-corrected chi connectivity index (χ4v) is 3.54. The molecule has 0 bridgehead atoms. The number of hydrogen-bond donors (Lipinski definition) is 8. The van der Waals surface area contributed by atoms with Gasteiger partial charge in [0.25, 0.3) is 5.91 Å². The minimum Gasteiger partial charge on any atom is -0.480 e. The number of hydrogen-bond acceptors (Lipinski definition) is 7. The number of aromatic nitrogens is 1. The van der Waals surface area contributed by atoms with Crippen LogP contribution in [0.25, 0.3) is 0 Å². The first-order valence-electron chi connectivity index (χ1n) is 12.0. The Labute approximate surface area is 219 Å². The molecule has 2 rings (SSSR count). The number of benzene rings is 1. The van der Waals surface area contributed by atoms with Gasteiger partial charge in [-0.3, -0.25) is 19.2 Å². The van der Waals surface area contributed by atoms with E-state index in [1.54, 1.807) is 43.3 Å². The summed E-state index contributed by atoms with van der Waals surface area (Å²) in [5.74, 6) is -4.24. The zero-order valence-electron chi connectivity index (χ0n) is 21.0. The Morgan fingerprint density at radius 3 is 2.11 bits per heavy atom. The molecule has 2 aromatic rings. The Morgan fingerprint density at radius 2 is 1.58 bits per heavy atom. The molecule has 0 saturated carbocycles. The van der Waals surface area contributed by atoms with Crippen LogP contribution >= 0.6 is 0 Å². The van der Waals surface area contributed by atoms with Crippen molar-refractivity contribution in [3.8, 4) is 0 Å². The van der Waals surface area contributed by atoms with E-state index in [4.69, 9.17) is 0 Å². The highest BCUT2D eigenvalue weighted by molar-refractivity contribution is 5.97. The predicted molar refractivity (Wildman–Crippen MR) is 135 cm³/mol. The van der Waals surface area contributed by atoms with Crippen molar-refractivity contribution in [2.45, 2.75) is 57.0 Å². The van der Waals surface area contributed by atoms with Crippen LogP contribution in [0, 0.1) is 0 Å². The van der Waals surface area contributed by atoms with Crippen LogP contribution in [0.5, 0.6) is 0 Å². The van der Waals surface area contributed by atoms with Gasteiger partial charge in [-0.05, 0) is 31.0 Å². The molecule has 0 radical (unpaired) electrons. The summed E-state index contributed by atoms with van der Waals surface area (Å²) in [5.41, 5.74) is 0.680. The molecule has 0 fully saturated rings. The lowest BCUT2D eigenvalue weighted by Gasteiger charge is -2.26. The summed E-state index contributed by atoms with van der Waals surface area (Å²) in [7, 11) is 0. The van der Waals surface area contributed by atoms with E-state index < -0.39 is 66.5 Å². The molecule has 8 N–H and O–H groups in total. The van der Waals surface area contributed by atoms with E-state index in [1.807, 2.05) is 0 Å². The maximum absolute atomic E-state index is 13.0. The van der Waals surface area contributed by atoms with Crippen molar-refractivity contribution in [2.75, 3.05) is 6.61 Å². The molecular formula is C25H33N5O8. The van der Waals surface area contributed by atoms with E-state index in [-0.39, 0.29) is 18.5 Å². The zero-order valence-corrected chi connectivity index (χ0v) is 21.0. The summed E-state index contributed by atoms with van der Waals surface area (Å²) in [4.78, 5) is 64.6. The number of H-pyrrole nitrogens is 1. The summed E-state index contributed by atoms with van der Waals surface area (Å²) < 4.78 is 0. The highest BCUT2D eigenvalue weighted by Gasteiger charge is 2.31. The number of aliphatic carboxylic acids is 1. The van der Waals surface area contributed by atoms with Crippen LogP contribution in [0.3, 0.4) is 0 Å². The number of carboxylic acids is 1. The third-order valence-corrected chi connectivity index (χ3v) is 5.66. The number of rotatable bonds is 14. The second-order valence-corrected chi connectivity index (χ2v) is 8.56. The Morgan fingerprint density at radius 1 is 0.895 bits per heavy atom. The van der Waals surface area contributed by atoms with Gasteiger partial charge in [-0.15, -0.1) is 0 Å². The maximum Gasteiger partial charge on any atom is 0.326 e. The maximum atomic E-state index is 13.0. The van der Waals surface area contributed by atoms with Gasteiger partial charge in [-0.25, -0.2) is 4.79 Å². The lowest BCUT2D eigenvalue weighted by atomic mass is 10.0. The first-order valence-corrected chi connectivity index (χ1v) is 12.0. The highest BCUT2D eigenvalue weighted by Crippen LogP contribution is 2.17. The molecule has 0 spiro atoms. The molecule has 1 aromatic carbocycles. The van der Waals surface area contributed by atoms with Gasteiger partial charge in [0.05, 0.1) is 25.2 Å². The van der Waals surface area contributed by atoms with Crippen LogP contribution in [0.2, 0.25) is 0 Å². The van der Waals surface area contributed by atoms with E-state index in [2.05, 4.69) is 26.3 Å². The van der Waals surface area contributed by atoms with Crippen LogP contribution in [-0.4, -0.2) is 80.7 Å². The van der Waals surface area contributed by atoms with Crippen molar-refractivity contribution in [1.82, 2.24) is 26.3 Å². The van der Waals surface area contributed by atoms with Crippen LogP contribution in [0.4, 0.5) is 0 Å². The average molecular weight is 532 g/mol. The number of aromatic amines is 1. The largest absolute Gasteiger partial charge is 0.480 e. The topological polar surface area (TPSA) is 210 Å². The van der Waals surface area contributed by atoms with Gasteiger partial charge >= 0.3 is 5.97 Å². The standard InChI is InChI=1S/C25H33N5O8/c1-3-16(25(37)38)27-20(33)12-18(15-8-5-4-6-9-15)28-23(35)19(13-31)29-24(36)21(14(2)32)30-22(34)17-10-7-11-26-17/h4-11,14,16,18-19,21,26,31-32H,3,12-13H2,1-2H3,(H,27,33)(H,28,35)(H,29,36)(H,30,34)(H,37,38)/t14-,16-,18?,19-,21-/m0/s1. The minimum atomic E-state index is -1.48. The van der Waals surface area contributed by atoms with Gasteiger partial charge < -0.3 is 41.6 Å². The van der Waals surface area contributed by atoms with E-state index >= 15 is 0 Å². The Balaban J connectivity index is 2.13. The molecule has 5 atom stereocenters. The molecule has 206 valence electrons. The van der Waals surface area contributed by atoms with Crippen molar-refractivity contribution in [2.24, 2.45) is 0 Å². The van der Waals surface area contributed by atoms with Gasteiger partial charge in [0.2, 0.25) is 17.7 Å². The third-order valence-electron chi connectivity index (χ3n) is 5.66. The van der Waals surface area contributed by atoms with Crippen LogP contribution < -0.4 is 21.3 Å². The number of carbonyl (C=O) groups excluding carboxylic acids is 4. The fraction of sp³-hybridized carbons (Fsp3) is 0.400. The molecule has 0 aliphatic heterocycles. The smallest absolute Gasteiger partial charge is 0.326 e. The summed E-state index contributed by atoms with van der Waals surface area (Å²) in [6, 6.07) is 6.51. The quantitative estimate of drug-likeness (QED) is 0.154. The van der Waals surface area contributed by atoms with Gasteiger partial charge in [-0.2, -0.15) is 0 Å². The molecule has 1 unspecified atom stereocenters. The number of carboxylic acid groups (broad SMARTS) is 1. The van der Waals surface area contributed by atoms with Crippen LogP contribution in [0.1, 0.15) is 48.8 Å². The number of amides is 4. The van der Waals surface area contributed by atoms with Crippen molar-refractivity contribution < 1.29 is 39.3 Å². The number of aliphatic hydroxyl groups excluding tert-OH is 2. The van der Waals surface area contributed by atoms with Gasteiger partial charge in [0.15, 0.2) is 0 Å². The fourth-order valence-electron chi connectivity index (χ4n) is 3.54. The number of carbonyl (C=O) groups is 5. The molecule has 0 aliphatic rings. The predicted octanol–water partition coefficient (Wildman–Crippen LogP) is -0.802. The monoisotopic (exact) mass is 531 g/mol. The van der Waals surface area contributed by atoms with E-state index in [9.17, 15) is 39.3 Å².